The van der Waals surface area contributed by atoms with E-state index in [1.807, 2.05) is 0 Å². The summed E-state index contributed by atoms with van der Waals surface area (Å²) in [6.45, 7) is 3.31. The van der Waals surface area contributed by atoms with Gasteiger partial charge in [0.2, 0.25) is 0 Å². The SMILES string of the molecule is Cc1cccc(C(=O)Oc2ccc3c(C)cc(=O)oc3c2)c1[N+](=O)[O-]. The van der Waals surface area contributed by atoms with Crippen LogP contribution in [0.2, 0.25) is 0 Å². The third-order valence-electron chi connectivity index (χ3n) is 3.77. The van der Waals surface area contributed by atoms with Gasteiger partial charge in [0.25, 0.3) is 5.69 Å². The van der Waals surface area contributed by atoms with E-state index in [4.69, 9.17) is 9.15 Å². The van der Waals surface area contributed by atoms with Gasteiger partial charge in [-0.1, -0.05) is 12.1 Å². The quantitative estimate of drug-likeness (QED) is 0.238. The molecule has 0 saturated heterocycles. The lowest BCUT2D eigenvalue weighted by Crippen LogP contribution is -2.12. The molecular formula is C18H13NO6. The number of nitro benzene ring substituents is 1. The van der Waals surface area contributed by atoms with Crippen molar-refractivity contribution in [1.82, 2.24) is 0 Å². The van der Waals surface area contributed by atoms with Crippen LogP contribution in [0, 0.1) is 24.0 Å². The Morgan fingerprint density at radius 3 is 2.60 bits per heavy atom. The van der Waals surface area contributed by atoms with Gasteiger partial charge in [-0.05, 0) is 37.6 Å². The van der Waals surface area contributed by atoms with Crippen LogP contribution < -0.4 is 10.4 Å². The lowest BCUT2D eigenvalue weighted by molar-refractivity contribution is -0.385. The van der Waals surface area contributed by atoms with Crippen LogP contribution in [-0.2, 0) is 0 Å². The standard InChI is InChI=1S/C18H13NO6/c1-10-4-3-5-14(17(10)19(22)23)18(21)24-12-6-7-13-11(2)8-16(20)25-15(13)9-12/h3-9H,1-2H3. The summed E-state index contributed by atoms with van der Waals surface area (Å²) in [6.07, 6.45) is 0. The van der Waals surface area contributed by atoms with Crippen LogP contribution in [-0.4, -0.2) is 10.9 Å². The Hall–Kier alpha value is -3.48. The molecule has 2 aromatic carbocycles. The normalized spacial score (nSPS) is 10.6. The average molecular weight is 339 g/mol. The van der Waals surface area contributed by atoms with Gasteiger partial charge >= 0.3 is 11.6 Å². The number of aryl methyl sites for hydroxylation is 2. The first-order valence-corrected chi connectivity index (χ1v) is 7.37. The smallest absolute Gasteiger partial charge is 0.350 e. The molecule has 0 saturated carbocycles. The van der Waals surface area contributed by atoms with E-state index in [1.165, 1.54) is 24.3 Å². The Morgan fingerprint density at radius 2 is 1.88 bits per heavy atom. The molecule has 0 fully saturated rings. The maximum absolute atomic E-state index is 12.3. The molecule has 1 aromatic heterocycles. The van der Waals surface area contributed by atoms with Gasteiger partial charge in [-0.15, -0.1) is 0 Å². The van der Waals surface area contributed by atoms with Gasteiger partial charge in [-0.3, -0.25) is 10.1 Å². The number of esters is 1. The van der Waals surface area contributed by atoms with E-state index in [0.29, 0.717) is 10.9 Å². The maximum atomic E-state index is 12.3. The Labute approximate surface area is 141 Å². The molecule has 0 aliphatic carbocycles. The van der Waals surface area contributed by atoms with Gasteiger partial charge < -0.3 is 9.15 Å². The number of para-hydroxylation sites is 1. The molecular weight excluding hydrogens is 326 g/mol. The van der Waals surface area contributed by atoms with Crippen LogP contribution in [0.25, 0.3) is 11.0 Å². The van der Waals surface area contributed by atoms with Crippen molar-refractivity contribution in [2.45, 2.75) is 13.8 Å². The molecule has 0 bridgehead atoms. The van der Waals surface area contributed by atoms with Crippen molar-refractivity contribution in [3.05, 3.63) is 79.7 Å². The minimum atomic E-state index is -0.857. The largest absolute Gasteiger partial charge is 0.423 e. The van der Waals surface area contributed by atoms with Crippen LogP contribution in [0.15, 0.2) is 51.7 Å². The van der Waals surface area contributed by atoms with Crippen molar-refractivity contribution in [3.8, 4) is 5.75 Å². The first kappa shape index (κ1) is 16.4. The fraction of sp³-hybridized carbons (Fsp3) is 0.111. The van der Waals surface area contributed by atoms with Crippen molar-refractivity contribution in [2.75, 3.05) is 0 Å². The van der Waals surface area contributed by atoms with Gasteiger partial charge in [0, 0.05) is 23.1 Å². The Bertz CT molecular complexity index is 1070. The Morgan fingerprint density at radius 1 is 1.12 bits per heavy atom. The number of hydrogen-bond donors (Lipinski definition) is 0. The highest BCUT2D eigenvalue weighted by Gasteiger charge is 2.24. The second-order valence-corrected chi connectivity index (χ2v) is 5.52. The Balaban J connectivity index is 1.99. The summed E-state index contributed by atoms with van der Waals surface area (Å²) >= 11 is 0. The third-order valence-corrected chi connectivity index (χ3v) is 3.77. The van der Waals surface area contributed by atoms with E-state index in [-0.39, 0.29) is 22.6 Å². The molecule has 3 rings (SSSR count). The summed E-state index contributed by atoms with van der Waals surface area (Å²) in [7, 11) is 0. The second-order valence-electron chi connectivity index (χ2n) is 5.52. The minimum absolute atomic E-state index is 0.127. The first-order chi connectivity index (χ1) is 11.9. The molecule has 0 atom stereocenters. The van der Waals surface area contributed by atoms with Crippen LogP contribution >= 0.6 is 0 Å². The molecule has 25 heavy (non-hydrogen) atoms. The Kier molecular flexibility index (Phi) is 4.06. The predicted molar refractivity (Wildman–Crippen MR) is 90.0 cm³/mol. The summed E-state index contributed by atoms with van der Waals surface area (Å²) in [5.41, 5.74) is 0.418. The van der Waals surface area contributed by atoms with E-state index in [9.17, 15) is 19.7 Å². The fourth-order valence-electron chi connectivity index (χ4n) is 2.60. The number of rotatable bonds is 3. The van der Waals surface area contributed by atoms with Crippen molar-refractivity contribution in [2.24, 2.45) is 0 Å². The van der Waals surface area contributed by atoms with Crippen molar-refractivity contribution in [1.29, 1.82) is 0 Å². The lowest BCUT2D eigenvalue weighted by Gasteiger charge is -2.07. The highest BCUT2D eigenvalue weighted by Crippen LogP contribution is 2.26. The molecule has 0 unspecified atom stereocenters. The van der Waals surface area contributed by atoms with E-state index in [0.717, 1.165) is 5.56 Å². The van der Waals surface area contributed by atoms with E-state index in [1.54, 1.807) is 32.0 Å². The number of benzene rings is 2. The average Bonchev–Trinajstić information content (AvgIpc) is 2.53. The highest BCUT2D eigenvalue weighted by atomic mass is 16.6. The summed E-state index contributed by atoms with van der Waals surface area (Å²) in [5.74, 6) is -0.730. The van der Waals surface area contributed by atoms with Gasteiger partial charge in [-0.25, -0.2) is 9.59 Å². The maximum Gasteiger partial charge on any atom is 0.350 e. The number of nitro groups is 1. The molecule has 0 aliphatic heterocycles. The lowest BCUT2D eigenvalue weighted by atomic mass is 10.1. The molecule has 7 heteroatoms. The number of fused-ring (bicyclic) bond motifs is 1. The summed E-state index contributed by atoms with van der Waals surface area (Å²) in [5, 5.41) is 11.9. The molecule has 0 radical (unpaired) electrons. The summed E-state index contributed by atoms with van der Waals surface area (Å²) < 4.78 is 10.3. The van der Waals surface area contributed by atoms with Crippen LogP contribution in [0.5, 0.6) is 5.75 Å². The predicted octanol–water partition coefficient (Wildman–Crippen LogP) is 3.54. The molecule has 3 aromatic rings. The number of carbonyl (C=O) groups is 1. The van der Waals surface area contributed by atoms with E-state index < -0.39 is 16.5 Å². The number of carbonyl (C=O) groups excluding carboxylic acids is 1. The molecule has 126 valence electrons. The van der Waals surface area contributed by atoms with Gasteiger partial charge in [0.05, 0.1) is 4.92 Å². The highest BCUT2D eigenvalue weighted by molar-refractivity contribution is 5.96. The van der Waals surface area contributed by atoms with Gasteiger partial charge in [0.15, 0.2) is 0 Å². The first-order valence-electron chi connectivity index (χ1n) is 7.37. The number of hydrogen-bond acceptors (Lipinski definition) is 6. The van der Waals surface area contributed by atoms with Crippen LogP contribution in [0.4, 0.5) is 5.69 Å². The van der Waals surface area contributed by atoms with Crippen molar-refractivity contribution < 1.29 is 18.9 Å². The number of ether oxygens (including phenoxy) is 1. The second kappa shape index (κ2) is 6.20. The van der Waals surface area contributed by atoms with E-state index >= 15 is 0 Å². The fourth-order valence-corrected chi connectivity index (χ4v) is 2.60. The third kappa shape index (κ3) is 3.12. The number of nitrogens with zero attached hydrogens (tertiary/aromatic N) is 1. The molecule has 7 nitrogen and oxygen atoms in total. The van der Waals surface area contributed by atoms with Crippen LogP contribution in [0.3, 0.4) is 0 Å². The topological polar surface area (TPSA) is 99.7 Å². The van der Waals surface area contributed by atoms with Crippen molar-refractivity contribution >= 4 is 22.6 Å². The summed E-state index contributed by atoms with van der Waals surface area (Å²) in [6, 6.07) is 10.4. The van der Waals surface area contributed by atoms with Gasteiger partial charge in [0.1, 0.15) is 16.9 Å². The van der Waals surface area contributed by atoms with Crippen molar-refractivity contribution in [3.63, 3.8) is 0 Å². The molecule has 0 spiro atoms. The van der Waals surface area contributed by atoms with Gasteiger partial charge in [-0.2, -0.15) is 0 Å². The molecule has 0 amide bonds. The minimum Gasteiger partial charge on any atom is -0.423 e. The van der Waals surface area contributed by atoms with E-state index in [2.05, 4.69) is 0 Å². The zero-order valence-corrected chi connectivity index (χ0v) is 13.4. The zero-order chi connectivity index (χ0) is 18.1. The summed E-state index contributed by atoms with van der Waals surface area (Å²) in [4.78, 5) is 34.4. The monoisotopic (exact) mass is 339 g/mol. The molecule has 1 heterocycles. The molecule has 0 aliphatic rings. The van der Waals surface area contributed by atoms with Crippen LogP contribution in [0.1, 0.15) is 21.5 Å². The molecule has 0 N–H and O–H groups in total. The zero-order valence-electron chi connectivity index (χ0n) is 13.4.